The molecule has 0 aromatic heterocycles. The number of fused-ring (bicyclic) bond motifs is 1. The Morgan fingerprint density at radius 3 is 2.65 bits per heavy atom. The van der Waals surface area contributed by atoms with Crippen LogP contribution >= 0.6 is 11.8 Å². The molecule has 1 heterocycles. The lowest BCUT2D eigenvalue weighted by atomic mass is 10.1. The molecule has 2 aromatic carbocycles. The van der Waals surface area contributed by atoms with Gasteiger partial charge in [0.15, 0.2) is 11.5 Å². The van der Waals surface area contributed by atoms with Gasteiger partial charge in [0, 0.05) is 22.0 Å². The minimum absolute atomic E-state index is 0.113. The number of nitrogens with one attached hydrogen (secondary N) is 1. The van der Waals surface area contributed by atoms with Crippen molar-refractivity contribution in [3.05, 3.63) is 69.9 Å². The smallest absolute Gasteiger partial charge is 0.504 e. The highest BCUT2D eigenvalue weighted by molar-refractivity contribution is 8.06. The number of hydrogen-bond acceptors (Lipinski definition) is 5. The van der Waals surface area contributed by atoms with Gasteiger partial charge in [-0.3, -0.25) is 0 Å². The summed E-state index contributed by atoms with van der Waals surface area (Å²) in [6.45, 7) is 4.09. The van der Waals surface area contributed by atoms with E-state index >= 15 is 0 Å². The molecule has 0 saturated carbocycles. The number of carboxylic acid groups (broad SMARTS) is 1. The van der Waals surface area contributed by atoms with Crippen LogP contribution in [-0.4, -0.2) is 16.4 Å². The highest BCUT2D eigenvalue weighted by Gasteiger charge is 2.17. The van der Waals surface area contributed by atoms with Gasteiger partial charge in [-0.1, -0.05) is 36.4 Å². The van der Waals surface area contributed by atoms with Gasteiger partial charge in [-0.05, 0) is 53.8 Å². The molecule has 6 heteroatoms. The van der Waals surface area contributed by atoms with Crippen LogP contribution in [0.5, 0.6) is 0 Å². The van der Waals surface area contributed by atoms with E-state index in [4.69, 9.17) is 5.11 Å². The average molecular weight is 369 g/mol. The number of thioether (sulfide) groups is 1. The zero-order valence-electron chi connectivity index (χ0n) is 14.4. The van der Waals surface area contributed by atoms with Crippen LogP contribution < -0.4 is 15.8 Å². The molecular formula is C20H19NO4S. The summed E-state index contributed by atoms with van der Waals surface area (Å²) >= 11 is 1.63. The Balaban J connectivity index is 2.00. The monoisotopic (exact) mass is 369 g/mol. The van der Waals surface area contributed by atoms with E-state index in [1.165, 1.54) is 11.8 Å². The van der Waals surface area contributed by atoms with Gasteiger partial charge in [0.2, 0.25) is 0 Å². The number of hydrogen-bond donors (Lipinski definition) is 3. The van der Waals surface area contributed by atoms with E-state index in [0.717, 1.165) is 22.1 Å². The summed E-state index contributed by atoms with van der Waals surface area (Å²) in [6, 6.07) is 12.1. The Kier molecular flexibility index (Phi) is 5.23. The molecule has 26 heavy (non-hydrogen) atoms. The van der Waals surface area contributed by atoms with E-state index < -0.39 is 6.16 Å². The first-order valence-electron chi connectivity index (χ1n) is 8.15. The lowest BCUT2D eigenvalue weighted by Crippen LogP contribution is -2.25. The summed E-state index contributed by atoms with van der Waals surface area (Å²) in [4.78, 5) is 11.9. The van der Waals surface area contributed by atoms with Crippen molar-refractivity contribution in [2.75, 3.05) is 5.32 Å². The highest BCUT2D eigenvalue weighted by Crippen LogP contribution is 2.20. The van der Waals surface area contributed by atoms with Crippen LogP contribution in [0.2, 0.25) is 0 Å². The summed E-state index contributed by atoms with van der Waals surface area (Å²) in [7, 11) is 0. The van der Waals surface area contributed by atoms with Crippen molar-refractivity contribution >= 4 is 34.8 Å². The van der Waals surface area contributed by atoms with Gasteiger partial charge in [-0.2, -0.15) is 0 Å². The van der Waals surface area contributed by atoms with E-state index in [1.54, 1.807) is 11.8 Å². The largest absolute Gasteiger partial charge is 0.511 e. The van der Waals surface area contributed by atoms with Crippen molar-refractivity contribution in [1.82, 2.24) is 0 Å². The second kappa shape index (κ2) is 7.58. The van der Waals surface area contributed by atoms with E-state index in [-0.39, 0.29) is 11.5 Å². The van der Waals surface area contributed by atoms with E-state index in [9.17, 15) is 9.90 Å². The molecule has 0 amide bonds. The minimum Gasteiger partial charge on any atom is -0.504 e. The summed E-state index contributed by atoms with van der Waals surface area (Å²) in [5.41, 5.74) is 2.97. The molecule has 0 saturated heterocycles. The molecule has 0 aliphatic carbocycles. The maximum Gasteiger partial charge on any atom is 0.511 e. The van der Waals surface area contributed by atoms with Gasteiger partial charge in [0.25, 0.3) is 0 Å². The topological polar surface area (TPSA) is 78.8 Å². The molecule has 3 rings (SSSR count). The third-order valence-electron chi connectivity index (χ3n) is 4.05. The van der Waals surface area contributed by atoms with Crippen molar-refractivity contribution in [3.8, 4) is 0 Å². The zero-order chi connectivity index (χ0) is 18.7. The van der Waals surface area contributed by atoms with Gasteiger partial charge in [-0.25, -0.2) is 4.79 Å². The van der Waals surface area contributed by atoms with Gasteiger partial charge < -0.3 is 20.3 Å². The van der Waals surface area contributed by atoms with Crippen molar-refractivity contribution in [1.29, 1.82) is 0 Å². The van der Waals surface area contributed by atoms with E-state index in [2.05, 4.69) is 46.7 Å². The number of carbonyl (C=O) groups is 1. The van der Waals surface area contributed by atoms with Crippen LogP contribution in [0.4, 0.5) is 10.5 Å². The number of rotatable bonds is 4. The highest BCUT2D eigenvalue weighted by atomic mass is 32.2. The Hall–Kier alpha value is -2.86. The summed E-state index contributed by atoms with van der Waals surface area (Å²) in [5.74, 6) is -0.300. The first-order chi connectivity index (χ1) is 12.5. The summed E-state index contributed by atoms with van der Waals surface area (Å²) in [6.07, 6.45) is 0.650. The van der Waals surface area contributed by atoms with Crippen LogP contribution in [0.1, 0.15) is 18.1 Å². The molecule has 1 aliphatic rings. The van der Waals surface area contributed by atoms with E-state index in [0.29, 0.717) is 10.9 Å². The van der Waals surface area contributed by atoms with E-state index in [1.807, 2.05) is 19.1 Å². The maximum absolute atomic E-state index is 10.7. The third kappa shape index (κ3) is 3.86. The second-order valence-electron chi connectivity index (χ2n) is 5.87. The Morgan fingerprint density at radius 2 is 2.00 bits per heavy atom. The number of aryl methyl sites for hydroxylation is 2. The molecule has 0 spiro atoms. The molecule has 134 valence electrons. The van der Waals surface area contributed by atoms with Crippen LogP contribution in [-0.2, 0) is 11.2 Å². The van der Waals surface area contributed by atoms with Crippen molar-refractivity contribution in [2.24, 2.45) is 0 Å². The fraction of sp³-hybridized carbons (Fsp3) is 0.150. The predicted molar refractivity (Wildman–Crippen MR) is 103 cm³/mol. The molecule has 0 unspecified atom stereocenters. The van der Waals surface area contributed by atoms with Gasteiger partial charge in [-0.15, -0.1) is 0 Å². The van der Waals surface area contributed by atoms with Crippen LogP contribution in [0.25, 0.3) is 11.2 Å². The minimum atomic E-state index is -1.47. The van der Waals surface area contributed by atoms with Gasteiger partial charge >= 0.3 is 6.16 Å². The van der Waals surface area contributed by atoms with Crippen LogP contribution in [0, 0.1) is 6.92 Å². The molecular weight excluding hydrogens is 350 g/mol. The Morgan fingerprint density at radius 1 is 1.27 bits per heavy atom. The molecule has 0 radical (unpaired) electrons. The number of anilines is 1. The SMILES string of the molecule is CCc1cc2c(cc1=CSc1ccc(C)cc1)NC=C(OC(=O)O)C=2O. The number of aliphatic hydroxyl groups excluding tert-OH is 1. The first kappa shape index (κ1) is 17.9. The van der Waals surface area contributed by atoms with Crippen LogP contribution in [0.15, 0.2) is 53.3 Å². The number of aliphatic hydroxyl groups is 1. The number of benzene rings is 2. The zero-order valence-corrected chi connectivity index (χ0v) is 15.3. The van der Waals surface area contributed by atoms with Crippen LogP contribution in [0.3, 0.4) is 0 Å². The van der Waals surface area contributed by atoms with Gasteiger partial charge in [0.1, 0.15) is 0 Å². The van der Waals surface area contributed by atoms with Gasteiger partial charge in [0.05, 0.1) is 0 Å². The Labute approximate surface area is 155 Å². The quantitative estimate of drug-likeness (QED) is 0.563. The first-order valence-corrected chi connectivity index (χ1v) is 9.03. The van der Waals surface area contributed by atoms with Crippen molar-refractivity contribution in [3.63, 3.8) is 0 Å². The predicted octanol–water partition coefficient (Wildman–Crippen LogP) is 3.72. The standard InChI is InChI=1S/C20H19NO4S/c1-3-13-8-16-17(21-10-18(19(16)22)25-20(23)24)9-14(13)11-26-15-6-4-12(2)5-7-15/h4-11,21-22H,3H2,1-2H3,(H,23,24). The number of ether oxygens (including phenoxy) is 1. The molecule has 0 bridgehead atoms. The lowest BCUT2D eigenvalue weighted by Gasteiger charge is -2.15. The molecule has 2 aromatic rings. The molecule has 0 fully saturated rings. The maximum atomic E-state index is 10.7. The normalized spacial score (nSPS) is 13.7. The molecule has 3 N–H and O–H groups in total. The Bertz CT molecular complexity index is 994. The fourth-order valence-electron chi connectivity index (χ4n) is 2.66. The third-order valence-corrected chi connectivity index (χ3v) is 4.96. The molecule has 5 nitrogen and oxygen atoms in total. The van der Waals surface area contributed by atoms with Crippen molar-refractivity contribution in [2.45, 2.75) is 25.2 Å². The average Bonchev–Trinajstić information content (AvgIpc) is 2.63. The molecule has 0 atom stereocenters. The summed E-state index contributed by atoms with van der Waals surface area (Å²) in [5, 5.41) is 25.7. The summed E-state index contributed by atoms with van der Waals surface area (Å²) < 4.78 is 4.60. The van der Waals surface area contributed by atoms with Crippen molar-refractivity contribution < 1.29 is 19.7 Å². The molecule has 1 aliphatic heterocycles. The fourth-order valence-corrected chi connectivity index (χ4v) is 3.43. The lowest BCUT2D eigenvalue weighted by molar-refractivity contribution is 0.119. The second-order valence-corrected chi connectivity index (χ2v) is 6.81.